The third-order valence-corrected chi connectivity index (χ3v) is 10.8. The summed E-state index contributed by atoms with van der Waals surface area (Å²) in [5.74, 6) is -2.15. The van der Waals surface area contributed by atoms with Gasteiger partial charge < -0.3 is 19.6 Å². The number of allylic oxidation sites excluding steroid dienone is 1. The molecule has 7 nitrogen and oxygen atoms in total. The Bertz CT molecular complexity index is 1100. The first kappa shape index (κ1) is 29.7. The van der Waals surface area contributed by atoms with E-state index in [0.29, 0.717) is 23.6 Å². The zero-order chi connectivity index (χ0) is 28.3. The van der Waals surface area contributed by atoms with Crippen molar-refractivity contribution in [3.8, 4) is 0 Å². The van der Waals surface area contributed by atoms with Gasteiger partial charge in [0.05, 0.1) is 35.8 Å². The first-order valence-electron chi connectivity index (χ1n) is 13.8. The van der Waals surface area contributed by atoms with Crippen LogP contribution in [0.2, 0.25) is 5.02 Å². The van der Waals surface area contributed by atoms with Crippen LogP contribution in [0, 0.1) is 17.8 Å². The number of benzene rings is 1. The average Bonchev–Trinajstić information content (AvgIpc) is 3.58. The monoisotopic (exact) mass is 574 g/mol. The van der Waals surface area contributed by atoms with Crippen LogP contribution in [0.5, 0.6) is 0 Å². The van der Waals surface area contributed by atoms with Crippen LogP contribution in [-0.4, -0.2) is 69.6 Å². The molecule has 2 bridgehead atoms. The van der Waals surface area contributed by atoms with Gasteiger partial charge in [-0.2, -0.15) is 0 Å². The summed E-state index contributed by atoms with van der Waals surface area (Å²) in [6, 6.07) is 5.63. The molecule has 3 saturated heterocycles. The molecule has 2 unspecified atom stereocenters. The number of ether oxygens (including phenoxy) is 1. The van der Waals surface area contributed by atoms with Crippen LogP contribution in [0.1, 0.15) is 46.0 Å². The second kappa shape index (κ2) is 12.5. The lowest BCUT2D eigenvalue weighted by molar-refractivity contribution is -0.154. The van der Waals surface area contributed by atoms with Crippen LogP contribution in [0.3, 0.4) is 0 Å². The number of aliphatic hydroxyl groups excluding tert-OH is 1. The van der Waals surface area contributed by atoms with Gasteiger partial charge >= 0.3 is 5.97 Å². The summed E-state index contributed by atoms with van der Waals surface area (Å²) in [5, 5.41) is 11.0. The molecule has 0 saturated carbocycles. The number of nitrogens with zero attached hydrogens (tertiary/aromatic N) is 2. The van der Waals surface area contributed by atoms with E-state index in [0.717, 1.165) is 19.3 Å². The number of anilines is 1. The lowest BCUT2D eigenvalue weighted by Gasteiger charge is -2.41. The fourth-order valence-corrected chi connectivity index (χ4v) is 8.84. The second-order valence-electron chi connectivity index (χ2n) is 10.7. The molecule has 212 valence electrons. The highest BCUT2D eigenvalue weighted by Gasteiger charge is 2.75. The van der Waals surface area contributed by atoms with E-state index in [-0.39, 0.29) is 48.7 Å². The average molecular weight is 575 g/mol. The van der Waals surface area contributed by atoms with Crippen LogP contribution < -0.4 is 4.90 Å². The largest absolute Gasteiger partial charge is 0.465 e. The Labute approximate surface area is 240 Å². The quantitative estimate of drug-likeness (QED) is 0.205. The highest BCUT2D eigenvalue weighted by molar-refractivity contribution is 8.02. The number of likely N-dealkylation sites (tertiary alicyclic amines) is 1. The van der Waals surface area contributed by atoms with Crippen LogP contribution in [0.25, 0.3) is 0 Å². The maximum atomic E-state index is 14.6. The molecular weight excluding hydrogens is 536 g/mol. The van der Waals surface area contributed by atoms with E-state index in [2.05, 4.69) is 13.2 Å². The number of carbonyl (C=O) groups excluding carboxylic acids is 3. The van der Waals surface area contributed by atoms with Gasteiger partial charge in [-0.05, 0) is 55.9 Å². The van der Waals surface area contributed by atoms with E-state index in [1.807, 2.05) is 13.8 Å². The van der Waals surface area contributed by atoms with Crippen molar-refractivity contribution in [1.29, 1.82) is 0 Å². The lowest BCUT2D eigenvalue weighted by Crippen LogP contribution is -2.58. The van der Waals surface area contributed by atoms with Crippen molar-refractivity contribution >= 4 is 46.8 Å². The summed E-state index contributed by atoms with van der Waals surface area (Å²) in [5.41, 5.74) is 0.649. The van der Waals surface area contributed by atoms with E-state index in [1.54, 1.807) is 58.0 Å². The third kappa shape index (κ3) is 5.27. The molecule has 0 aromatic heterocycles. The zero-order valence-electron chi connectivity index (χ0n) is 22.8. The molecule has 1 aromatic carbocycles. The maximum Gasteiger partial charge on any atom is 0.310 e. The second-order valence-corrected chi connectivity index (χ2v) is 12.8. The van der Waals surface area contributed by atoms with Gasteiger partial charge in [-0.25, -0.2) is 0 Å². The van der Waals surface area contributed by atoms with E-state index >= 15 is 0 Å². The van der Waals surface area contributed by atoms with E-state index in [9.17, 15) is 19.5 Å². The maximum absolute atomic E-state index is 14.6. The van der Waals surface area contributed by atoms with Crippen LogP contribution in [0.15, 0.2) is 49.6 Å². The molecule has 4 rings (SSSR count). The summed E-state index contributed by atoms with van der Waals surface area (Å²) >= 11 is 7.72. The summed E-state index contributed by atoms with van der Waals surface area (Å²) in [7, 11) is 0. The highest BCUT2D eigenvalue weighted by atomic mass is 35.5. The van der Waals surface area contributed by atoms with E-state index in [1.165, 1.54) is 0 Å². The molecule has 3 heterocycles. The van der Waals surface area contributed by atoms with Crippen molar-refractivity contribution in [2.45, 2.75) is 68.0 Å². The Hall–Kier alpha value is -2.29. The van der Waals surface area contributed by atoms with Gasteiger partial charge in [-0.15, -0.1) is 24.9 Å². The third-order valence-electron chi connectivity index (χ3n) is 8.60. The fourth-order valence-electron chi connectivity index (χ4n) is 6.53. The molecule has 7 atom stereocenters. The predicted octanol–water partition coefficient (Wildman–Crippen LogP) is 4.87. The summed E-state index contributed by atoms with van der Waals surface area (Å²) < 4.78 is 4.88. The van der Waals surface area contributed by atoms with Crippen molar-refractivity contribution in [1.82, 2.24) is 4.90 Å². The SMILES string of the molecule is C=CCCCOC(=O)[C@@H]1[C@@H]2CCC3(S2)C(C(=O)N(CC=C)c2ccc(Cl)cc2)N([C@@H](CO)[C@@H](C)CC)C(=O)[C@H]13. The van der Waals surface area contributed by atoms with Gasteiger partial charge in [0.15, 0.2) is 0 Å². The normalized spacial score (nSPS) is 28.6. The molecule has 9 heteroatoms. The number of fused-ring (bicyclic) bond motifs is 1. The number of rotatable bonds is 13. The number of esters is 1. The van der Waals surface area contributed by atoms with Gasteiger partial charge in [-0.3, -0.25) is 14.4 Å². The van der Waals surface area contributed by atoms with E-state index in [4.69, 9.17) is 16.3 Å². The first-order valence-corrected chi connectivity index (χ1v) is 15.1. The zero-order valence-corrected chi connectivity index (χ0v) is 24.3. The van der Waals surface area contributed by atoms with Gasteiger partial charge in [0.1, 0.15) is 6.04 Å². The number of thioether (sulfide) groups is 1. The molecular formula is C30H39ClN2O5S. The molecule has 3 fully saturated rings. The number of hydrogen-bond donors (Lipinski definition) is 1. The number of aliphatic hydroxyl groups is 1. The topological polar surface area (TPSA) is 87.2 Å². The summed E-state index contributed by atoms with van der Waals surface area (Å²) in [6.45, 7) is 11.8. The van der Waals surface area contributed by atoms with Gasteiger partial charge in [0, 0.05) is 22.5 Å². The van der Waals surface area contributed by atoms with Crippen molar-refractivity contribution in [2.24, 2.45) is 17.8 Å². The molecule has 0 radical (unpaired) electrons. The van der Waals surface area contributed by atoms with Crippen LogP contribution >= 0.6 is 23.4 Å². The van der Waals surface area contributed by atoms with Gasteiger partial charge in [0.2, 0.25) is 5.91 Å². The lowest BCUT2D eigenvalue weighted by atomic mass is 9.71. The van der Waals surface area contributed by atoms with Crippen LogP contribution in [-0.2, 0) is 19.1 Å². The number of hydrogen-bond acceptors (Lipinski definition) is 6. The van der Waals surface area contributed by atoms with E-state index < -0.39 is 28.7 Å². The van der Waals surface area contributed by atoms with Crippen molar-refractivity contribution in [3.05, 3.63) is 54.6 Å². The highest BCUT2D eigenvalue weighted by Crippen LogP contribution is 2.67. The molecule has 1 spiro atoms. The number of carbonyl (C=O) groups is 3. The van der Waals surface area contributed by atoms with Crippen LogP contribution in [0.4, 0.5) is 5.69 Å². The van der Waals surface area contributed by atoms with Crippen molar-refractivity contribution < 1.29 is 24.2 Å². The summed E-state index contributed by atoms with van der Waals surface area (Å²) in [4.78, 5) is 45.6. The molecule has 1 aromatic rings. The Morgan fingerprint density at radius 2 is 2.03 bits per heavy atom. The van der Waals surface area contributed by atoms with Crippen molar-refractivity contribution in [3.63, 3.8) is 0 Å². The van der Waals surface area contributed by atoms with Crippen molar-refractivity contribution in [2.75, 3.05) is 24.7 Å². The molecule has 39 heavy (non-hydrogen) atoms. The minimum Gasteiger partial charge on any atom is -0.465 e. The molecule has 3 aliphatic rings. The Morgan fingerprint density at radius 1 is 1.31 bits per heavy atom. The Morgan fingerprint density at radius 3 is 2.64 bits per heavy atom. The Balaban J connectivity index is 1.76. The first-order chi connectivity index (χ1) is 18.7. The number of unbranched alkanes of at least 4 members (excludes halogenated alkanes) is 1. The molecule has 1 N–H and O–H groups in total. The smallest absolute Gasteiger partial charge is 0.310 e. The minimum absolute atomic E-state index is 0.0423. The number of amides is 2. The molecule has 3 aliphatic heterocycles. The minimum atomic E-state index is -0.828. The van der Waals surface area contributed by atoms with Gasteiger partial charge in [-0.1, -0.05) is 44.0 Å². The standard InChI is InChI=1S/C30H39ClN2O5S/c1-5-8-9-17-38-29(37)24-23-14-15-30(39-23)25(24)27(35)33(22(18-34)19(4)7-3)26(30)28(36)32(16-6-2)21-12-10-20(31)11-13-21/h5-6,10-13,19,22-26,34H,1-2,7-9,14-18H2,3-4H3/t19-,22-,23-,24+,25-,26?,30?/m0/s1. The molecule has 2 amide bonds. The molecule has 0 aliphatic carbocycles. The fraction of sp³-hybridized carbons (Fsp3) is 0.567. The Kier molecular flexibility index (Phi) is 9.50. The number of halogens is 1. The van der Waals surface area contributed by atoms with Gasteiger partial charge in [0.25, 0.3) is 5.91 Å². The summed E-state index contributed by atoms with van der Waals surface area (Å²) in [6.07, 6.45) is 6.96. The predicted molar refractivity (Wildman–Crippen MR) is 156 cm³/mol.